The quantitative estimate of drug-likeness (QED) is 0.520. The maximum absolute atomic E-state index is 2.44. The highest BCUT2D eigenvalue weighted by atomic mass is 14.5. The monoisotopic (exact) mass is 210 g/mol. The van der Waals surface area contributed by atoms with E-state index >= 15 is 0 Å². The van der Waals surface area contributed by atoms with Crippen molar-refractivity contribution in [3.63, 3.8) is 0 Å². The minimum Gasteiger partial charge on any atom is -0.0599 e. The highest BCUT2D eigenvalue weighted by Crippen LogP contribution is 2.57. The molecule has 0 aromatic heterocycles. The fraction of sp³-hybridized carbons (Fsp3) is 1.00. The SMILES string of the molecule is CC1(C)CC(C(C)(C)C)C(C(C)(C)C)C1. The number of rotatable bonds is 0. The van der Waals surface area contributed by atoms with Crippen LogP contribution in [0.1, 0.15) is 68.2 Å². The van der Waals surface area contributed by atoms with Crippen LogP contribution in [0.4, 0.5) is 0 Å². The van der Waals surface area contributed by atoms with Gasteiger partial charge in [0.1, 0.15) is 0 Å². The summed E-state index contributed by atoms with van der Waals surface area (Å²) in [6.45, 7) is 19.4. The number of hydrogen-bond acceptors (Lipinski definition) is 0. The highest BCUT2D eigenvalue weighted by molar-refractivity contribution is 4.97. The van der Waals surface area contributed by atoms with E-state index in [4.69, 9.17) is 0 Å². The van der Waals surface area contributed by atoms with Crippen LogP contribution in [0.3, 0.4) is 0 Å². The normalized spacial score (nSPS) is 32.0. The summed E-state index contributed by atoms with van der Waals surface area (Å²) in [6, 6.07) is 0. The molecular weight excluding hydrogens is 180 g/mol. The van der Waals surface area contributed by atoms with Gasteiger partial charge in [-0.05, 0) is 40.9 Å². The van der Waals surface area contributed by atoms with Crippen LogP contribution >= 0.6 is 0 Å². The summed E-state index contributed by atoms with van der Waals surface area (Å²) in [4.78, 5) is 0. The van der Waals surface area contributed by atoms with Crippen LogP contribution in [0.5, 0.6) is 0 Å². The Labute approximate surface area is 96.8 Å². The summed E-state index contributed by atoms with van der Waals surface area (Å²) in [7, 11) is 0. The van der Waals surface area contributed by atoms with Crippen molar-refractivity contribution < 1.29 is 0 Å². The summed E-state index contributed by atoms with van der Waals surface area (Å²) >= 11 is 0. The van der Waals surface area contributed by atoms with Crippen LogP contribution in [0.25, 0.3) is 0 Å². The summed E-state index contributed by atoms with van der Waals surface area (Å²) < 4.78 is 0. The topological polar surface area (TPSA) is 0 Å². The van der Waals surface area contributed by atoms with E-state index in [1.54, 1.807) is 0 Å². The zero-order valence-corrected chi connectivity index (χ0v) is 12.1. The summed E-state index contributed by atoms with van der Waals surface area (Å²) in [5.74, 6) is 1.76. The second kappa shape index (κ2) is 3.50. The molecule has 0 heterocycles. The molecule has 90 valence electrons. The lowest BCUT2D eigenvalue weighted by atomic mass is 9.66. The van der Waals surface area contributed by atoms with Crippen LogP contribution < -0.4 is 0 Å². The smallest absolute Gasteiger partial charge is 0.0327 e. The van der Waals surface area contributed by atoms with Gasteiger partial charge in [-0.2, -0.15) is 0 Å². The van der Waals surface area contributed by atoms with Crippen LogP contribution in [0.2, 0.25) is 0 Å². The van der Waals surface area contributed by atoms with Gasteiger partial charge in [0.25, 0.3) is 0 Å². The first-order chi connectivity index (χ1) is 6.43. The minimum atomic E-state index is 0.464. The lowest BCUT2D eigenvalue weighted by molar-refractivity contribution is 0.0992. The molecule has 2 atom stereocenters. The zero-order chi connectivity index (χ0) is 12.1. The Kier molecular flexibility index (Phi) is 3.05. The molecule has 0 bridgehead atoms. The van der Waals surface area contributed by atoms with E-state index in [0.29, 0.717) is 16.2 Å². The lowest BCUT2D eigenvalue weighted by Crippen LogP contribution is -2.32. The van der Waals surface area contributed by atoms with Crippen molar-refractivity contribution in [2.75, 3.05) is 0 Å². The average Bonchev–Trinajstić information content (AvgIpc) is 2.23. The van der Waals surface area contributed by atoms with E-state index in [9.17, 15) is 0 Å². The fourth-order valence-corrected chi connectivity index (χ4v) is 3.38. The van der Waals surface area contributed by atoms with Gasteiger partial charge in [0.05, 0.1) is 0 Å². The van der Waals surface area contributed by atoms with Gasteiger partial charge < -0.3 is 0 Å². The first kappa shape index (κ1) is 13.1. The lowest BCUT2D eigenvalue weighted by Gasteiger charge is -2.39. The van der Waals surface area contributed by atoms with Crippen molar-refractivity contribution in [1.82, 2.24) is 0 Å². The summed E-state index contributed by atoms with van der Waals surface area (Å²) in [5.41, 5.74) is 1.48. The molecule has 1 aliphatic rings. The maximum Gasteiger partial charge on any atom is -0.0327 e. The van der Waals surface area contributed by atoms with Crippen molar-refractivity contribution >= 4 is 0 Å². The van der Waals surface area contributed by atoms with E-state index in [-0.39, 0.29) is 0 Å². The van der Waals surface area contributed by atoms with E-state index in [1.165, 1.54) is 12.8 Å². The van der Waals surface area contributed by atoms with Crippen molar-refractivity contribution in [2.24, 2.45) is 28.1 Å². The average molecular weight is 210 g/mol. The molecule has 1 aliphatic carbocycles. The largest absolute Gasteiger partial charge is 0.0599 e. The maximum atomic E-state index is 2.44. The van der Waals surface area contributed by atoms with Gasteiger partial charge in [-0.3, -0.25) is 0 Å². The third-order valence-electron chi connectivity index (χ3n) is 4.26. The molecule has 0 aliphatic heterocycles. The molecule has 0 nitrogen and oxygen atoms in total. The highest BCUT2D eigenvalue weighted by Gasteiger charge is 2.48. The Morgan fingerprint density at radius 2 is 1.00 bits per heavy atom. The van der Waals surface area contributed by atoms with Gasteiger partial charge in [-0.1, -0.05) is 55.4 Å². The Bertz CT molecular complexity index is 197. The molecule has 1 rings (SSSR count). The zero-order valence-electron chi connectivity index (χ0n) is 12.1. The van der Waals surface area contributed by atoms with Crippen LogP contribution in [0.15, 0.2) is 0 Å². The minimum absolute atomic E-state index is 0.464. The predicted octanol–water partition coefficient (Wildman–Crippen LogP) is 5.13. The predicted molar refractivity (Wildman–Crippen MR) is 68.9 cm³/mol. The van der Waals surface area contributed by atoms with E-state index < -0.39 is 0 Å². The molecule has 0 N–H and O–H groups in total. The summed E-state index contributed by atoms with van der Waals surface area (Å²) in [5, 5.41) is 0. The molecule has 0 aromatic carbocycles. The van der Waals surface area contributed by atoms with Gasteiger partial charge in [0.2, 0.25) is 0 Å². The van der Waals surface area contributed by atoms with Gasteiger partial charge in [0, 0.05) is 0 Å². The molecule has 2 unspecified atom stereocenters. The summed E-state index contributed by atoms with van der Waals surface area (Å²) in [6.07, 6.45) is 2.80. The van der Waals surface area contributed by atoms with Crippen molar-refractivity contribution in [3.8, 4) is 0 Å². The van der Waals surface area contributed by atoms with Crippen molar-refractivity contribution in [1.29, 1.82) is 0 Å². The second-order valence-electron chi connectivity index (χ2n) is 8.52. The van der Waals surface area contributed by atoms with Crippen LogP contribution in [-0.2, 0) is 0 Å². The Morgan fingerprint density at radius 1 is 0.733 bits per heavy atom. The molecule has 1 fully saturated rings. The standard InChI is InChI=1S/C15H30/c1-13(2,3)11-9-15(7,8)10-12(11)14(4,5)6/h11-12H,9-10H2,1-8H3. The molecule has 15 heavy (non-hydrogen) atoms. The molecule has 0 heteroatoms. The fourth-order valence-electron chi connectivity index (χ4n) is 3.38. The number of hydrogen-bond donors (Lipinski definition) is 0. The van der Waals surface area contributed by atoms with Gasteiger partial charge in [0.15, 0.2) is 0 Å². The molecule has 1 saturated carbocycles. The van der Waals surface area contributed by atoms with E-state index in [1.807, 2.05) is 0 Å². The second-order valence-corrected chi connectivity index (χ2v) is 8.52. The molecule has 0 saturated heterocycles. The van der Waals surface area contributed by atoms with E-state index in [2.05, 4.69) is 55.4 Å². The first-order valence-electron chi connectivity index (χ1n) is 6.43. The molecule has 0 spiro atoms. The molecular formula is C15H30. The van der Waals surface area contributed by atoms with E-state index in [0.717, 1.165) is 11.8 Å². The van der Waals surface area contributed by atoms with Gasteiger partial charge in [-0.15, -0.1) is 0 Å². The van der Waals surface area contributed by atoms with Crippen LogP contribution in [-0.4, -0.2) is 0 Å². The Morgan fingerprint density at radius 3 is 1.20 bits per heavy atom. The third kappa shape index (κ3) is 2.98. The Hall–Kier alpha value is 0. The molecule has 0 radical (unpaired) electrons. The Balaban J connectivity index is 2.95. The van der Waals surface area contributed by atoms with Crippen molar-refractivity contribution in [2.45, 2.75) is 68.2 Å². The van der Waals surface area contributed by atoms with Crippen LogP contribution in [0, 0.1) is 28.1 Å². The third-order valence-corrected chi connectivity index (χ3v) is 4.26. The van der Waals surface area contributed by atoms with Crippen molar-refractivity contribution in [3.05, 3.63) is 0 Å². The molecule has 0 amide bonds. The molecule has 0 aromatic rings. The van der Waals surface area contributed by atoms with Gasteiger partial charge in [-0.25, -0.2) is 0 Å². The van der Waals surface area contributed by atoms with Gasteiger partial charge >= 0.3 is 0 Å². The first-order valence-corrected chi connectivity index (χ1v) is 6.43.